The Morgan fingerprint density at radius 1 is 0.464 bits per heavy atom. The number of anilines is 2. The molecular weight excluding hydrogens is 338 g/mol. The fourth-order valence-electron chi connectivity index (χ4n) is 3.60. The maximum absolute atomic E-state index is 2.33. The molecule has 4 aromatic carbocycles. The minimum absolute atomic E-state index is 1.15. The molecule has 0 amide bonds. The smallest absolute Gasteiger partial charge is 0.0458 e. The molecule has 0 aromatic heterocycles. The average Bonchev–Trinajstić information content (AvgIpc) is 2.77. The maximum Gasteiger partial charge on any atom is 0.0458 e. The zero-order valence-electron chi connectivity index (χ0n) is 16.0. The number of hydrogen-bond acceptors (Lipinski definition) is 1. The van der Waals surface area contributed by atoms with Crippen LogP contribution in [0.1, 0.15) is 18.1 Å². The zero-order chi connectivity index (χ0) is 19.2. The Morgan fingerprint density at radius 3 is 1.14 bits per heavy atom. The van der Waals surface area contributed by atoms with Gasteiger partial charge < -0.3 is 4.90 Å². The van der Waals surface area contributed by atoms with Crippen molar-refractivity contribution in [3.05, 3.63) is 138 Å². The molecule has 4 rings (SSSR count). The van der Waals surface area contributed by atoms with Crippen LogP contribution in [0.25, 0.3) is 5.57 Å². The first-order valence-electron chi connectivity index (χ1n) is 9.56. The van der Waals surface area contributed by atoms with Crippen molar-refractivity contribution in [1.82, 2.24) is 0 Å². The summed E-state index contributed by atoms with van der Waals surface area (Å²) in [5.41, 5.74) is 7.14. The van der Waals surface area contributed by atoms with Gasteiger partial charge >= 0.3 is 0 Å². The van der Waals surface area contributed by atoms with E-state index >= 15 is 0 Å². The van der Waals surface area contributed by atoms with Crippen LogP contribution in [0.2, 0.25) is 0 Å². The minimum Gasteiger partial charge on any atom is -0.314 e. The van der Waals surface area contributed by atoms with Crippen molar-refractivity contribution in [1.29, 1.82) is 0 Å². The van der Waals surface area contributed by atoms with Gasteiger partial charge in [-0.15, -0.1) is 0 Å². The number of rotatable bonds is 5. The second-order valence-electron chi connectivity index (χ2n) is 6.70. The molecule has 0 saturated carbocycles. The first-order valence-corrected chi connectivity index (χ1v) is 9.56. The van der Waals surface area contributed by atoms with Crippen molar-refractivity contribution in [3.8, 4) is 0 Å². The zero-order valence-corrected chi connectivity index (χ0v) is 16.0. The molecule has 0 aliphatic heterocycles. The van der Waals surface area contributed by atoms with Gasteiger partial charge in [-0.05, 0) is 42.3 Å². The van der Waals surface area contributed by atoms with E-state index in [0.717, 1.165) is 11.4 Å². The lowest BCUT2D eigenvalue weighted by molar-refractivity contribution is 1.16. The van der Waals surface area contributed by atoms with Crippen molar-refractivity contribution >= 4 is 16.9 Å². The summed E-state index contributed by atoms with van der Waals surface area (Å²) in [6.45, 7) is 2.20. The van der Waals surface area contributed by atoms with Gasteiger partial charge in [-0.3, -0.25) is 0 Å². The molecule has 0 aliphatic carbocycles. The molecule has 0 unspecified atom stereocenters. The molecule has 28 heavy (non-hydrogen) atoms. The summed E-state index contributed by atoms with van der Waals surface area (Å²) in [7, 11) is 0. The Kier molecular flexibility index (Phi) is 5.35. The van der Waals surface area contributed by atoms with Gasteiger partial charge in [0.2, 0.25) is 0 Å². The van der Waals surface area contributed by atoms with Gasteiger partial charge in [0, 0.05) is 22.6 Å². The minimum atomic E-state index is 1.15. The molecule has 0 atom stereocenters. The van der Waals surface area contributed by atoms with Crippen molar-refractivity contribution in [3.63, 3.8) is 0 Å². The topological polar surface area (TPSA) is 3.24 Å². The fraction of sp³-hybridized carbons (Fsp3) is 0.0370. The van der Waals surface area contributed by atoms with Crippen LogP contribution in [0.4, 0.5) is 11.4 Å². The lowest BCUT2D eigenvalue weighted by Crippen LogP contribution is -2.16. The molecule has 1 heteroatoms. The second-order valence-corrected chi connectivity index (χ2v) is 6.70. The quantitative estimate of drug-likeness (QED) is 0.360. The Balaban J connectivity index is 1.97. The van der Waals surface area contributed by atoms with Gasteiger partial charge in [-0.2, -0.15) is 0 Å². The molecular formula is C27H23N. The van der Waals surface area contributed by atoms with Gasteiger partial charge in [0.1, 0.15) is 0 Å². The molecule has 0 spiro atoms. The second kappa shape index (κ2) is 8.41. The molecule has 0 heterocycles. The lowest BCUT2D eigenvalue weighted by Gasteiger charge is -2.29. The maximum atomic E-state index is 2.33. The summed E-state index contributed by atoms with van der Waals surface area (Å²) in [4.78, 5) is 2.33. The van der Waals surface area contributed by atoms with Crippen LogP contribution in [0, 0.1) is 0 Å². The van der Waals surface area contributed by atoms with E-state index in [4.69, 9.17) is 0 Å². The summed E-state index contributed by atoms with van der Waals surface area (Å²) in [5.74, 6) is 0. The third kappa shape index (κ3) is 3.74. The van der Waals surface area contributed by atoms with Crippen molar-refractivity contribution in [2.45, 2.75) is 6.92 Å². The van der Waals surface area contributed by atoms with Crippen LogP contribution in [-0.4, -0.2) is 0 Å². The highest BCUT2D eigenvalue weighted by molar-refractivity contribution is 5.86. The lowest BCUT2D eigenvalue weighted by atomic mass is 9.95. The Labute approximate surface area is 167 Å². The summed E-state index contributed by atoms with van der Waals surface area (Å²) >= 11 is 0. The highest BCUT2D eigenvalue weighted by atomic mass is 15.1. The predicted molar refractivity (Wildman–Crippen MR) is 120 cm³/mol. The first kappa shape index (κ1) is 17.8. The normalized spacial score (nSPS) is 10.3. The number of hydrogen-bond donors (Lipinski definition) is 0. The van der Waals surface area contributed by atoms with Crippen LogP contribution in [-0.2, 0) is 0 Å². The molecule has 4 aromatic rings. The van der Waals surface area contributed by atoms with E-state index in [0.29, 0.717) is 0 Å². The van der Waals surface area contributed by atoms with Crippen molar-refractivity contribution in [2.24, 2.45) is 0 Å². The van der Waals surface area contributed by atoms with Crippen molar-refractivity contribution in [2.75, 3.05) is 4.90 Å². The van der Waals surface area contributed by atoms with E-state index < -0.39 is 0 Å². The van der Waals surface area contributed by atoms with Crippen LogP contribution in [0.15, 0.2) is 127 Å². The van der Waals surface area contributed by atoms with Gasteiger partial charge in [0.25, 0.3) is 0 Å². The van der Waals surface area contributed by atoms with Crippen LogP contribution < -0.4 is 4.90 Å². The highest BCUT2D eigenvalue weighted by Crippen LogP contribution is 2.35. The van der Waals surface area contributed by atoms with E-state index in [1.54, 1.807) is 0 Å². The number of benzene rings is 4. The molecule has 136 valence electrons. The van der Waals surface area contributed by atoms with E-state index in [1.807, 2.05) is 0 Å². The van der Waals surface area contributed by atoms with Gasteiger partial charge in [0.15, 0.2) is 0 Å². The van der Waals surface area contributed by atoms with Gasteiger partial charge in [-0.25, -0.2) is 0 Å². The van der Waals surface area contributed by atoms with Gasteiger partial charge in [0.05, 0.1) is 0 Å². The molecule has 0 aliphatic rings. The predicted octanol–water partition coefficient (Wildman–Crippen LogP) is 7.30. The average molecular weight is 361 g/mol. The molecule has 1 nitrogen and oxygen atoms in total. The highest BCUT2D eigenvalue weighted by Gasteiger charge is 2.17. The molecule has 0 saturated heterocycles. The van der Waals surface area contributed by atoms with Gasteiger partial charge in [-0.1, -0.05) is 97.1 Å². The summed E-state index contributed by atoms with van der Waals surface area (Å²) < 4.78 is 0. The number of para-hydroxylation sites is 2. The van der Waals surface area contributed by atoms with Crippen LogP contribution >= 0.6 is 0 Å². The Bertz CT molecular complexity index is 955. The summed E-state index contributed by atoms with van der Waals surface area (Å²) in [6.07, 6.45) is 0. The Morgan fingerprint density at radius 2 is 0.786 bits per heavy atom. The van der Waals surface area contributed by atoms with E-state index in [2.05, 4.69) is 133 Å². The summed E-state index contributed by atoms with van der Waals surface area (Å²) in [5, 5.41) is 0. The first-order chi connectivity index (χ1) is 13.8. The monoisotopic (exact) mass is 361 g/mol. The number of nitrogens with zero attached hydrogens (tertiary/aromatic N) is 1. The van der Waals surface area contributed by atoms with E-state index in [-0.39, 0.29) is 0 Å². The fourth-order valence-corrected chi connectivity index (χ4v) is 3.60. The molecule has 0 radical (unpaired) electrons. The van der Waals surface area contributed by atoms with E-state index in [9.17, 15) is 0 Å². The largest absolute Gasteiger partial charge is 0.314 e. The Hall–Kier alpha value is -3.58. The molecule has 0 bridgehead atoms. The standard InChI is InChI=1S/C27H23N/c1-22(27(23-14-6-2-7-15-23)24-16-8-3-9-17-24)28(25-18-10-4-11-19-25)26-20-12-5-13-21-26/h2-21H,1H3. The third-order valence-electron chi connectivity index (χ3n) is 4.85. The van der Waals surface area contributed by atoms with E-state index in [1.165, 1.54) is 22.4 Å². The molecule has 0 fully saturated rings. The SMILES string of the molecule is CC(=C(c1ccccc1)c1ccccc1)N(c1ccccc1)c1ccccc1. The number of allylic oxidation sites excluding steroid dienone is 1. The van der Waals surface area contributed by atoms with Crippen LogP contribution in [0.3, 0.4) is 0 Å². The van der Waals surface area contributed by atoms with Crippen LogP contribution in [0.5, 0.6) is 0 Å². The summed E-state index contributed by atoms with van der Waals surface area (Å²) in [6, 6.07) is 42.3. The molecule has 0 N–H and O–H groups in total. The third-order valence-corrected chi connectivity index (χ3v) is 4.85. The van der Waals surface area contributed by atoms with Crippen molar-refractivity contribution < 1.29 is 0 Å².